The average Bonchev–Trinajstić information content (AvgIpc) is 2.52. The van der Waals surface area contributed by atoms with Gasteiger partial charge in [0.1, 0.15) is 0 Å². The zero-order valence-corrected chi connectivity index (χ0v) is 14.5. The molecular weight excluding hydrogens is 312 g/mol. The van der Waals surface area contributed by atoms with Gasteiger partial charge in [0.2, 0.25) is 15.9 Å². The predicted molar refractivity (Wildman–Crippen MR) is 92.9 cm³/mol. The van der Waals surface area contributed by atoms with E-state index in [0.29, 0.717) is 31.1 Å². The molecule has 1 aromatic carbocycles. The number of benzene rings is 1. The molecular formula is C17H26N2O3S. The summed E-state index contributed by atoms with van der Waals surface area (Å²) < 4.78 is 25.3. The molecule has 0 radical (unpaired) electrons. The van der Waals surface area contributed by atoms with Crippen LogP contribution in [0.15, 0.2) is 30.3 Å². The Hall–Kier alpha value is -1.56. The van der Waals surface area contributed by atoms with E-state index in [0.717, 1.165) is 12.8 Å². The van der Waals surface area contributed by atoms with E-state index in [1.165, 1.54) is 29.8 Å². The maximum absolute atomic E-state index is 12.0. The highest BCUT2D eigenvalue weighted by atomic mass is 32.2. The molecule has 1 aliphatic rings. The minimum atomic E-state index is -3.34. The third-order valence-electron chi connectivity index (χ3n) is 4.18. The van der Waals surface area contributed by atoms with Gasteiger partial charge in [-0.1, -0.05) is 37.5 Å². The maximum atomic E-state index is 12.0. The van der Waals surface area contributed by atoms with Crippen LogP contribution in [0, 0.1) is 0 Å². The van der Waals surface area contributed by atoms with Crippen LogP contribution in [0.4, 0.5) is 5.69 Å². The quantitative estimate of drug-likeness (QED) is 0.831. The van der Waals surface area contributed by atoms with Crippen molar-refractivity contribution < 1.29 is 13.2 Å². The lowest BCUT2D eigenvalue weighted by atomic mass is 9.95. The maximum Gasteiger partial charge on any atom is 0.232 e. The number of nitrogens with one attached hydrogen (secondary N) is 1. The van der Waals surface area contributed by atoms with Crippen molar-refractivity contribution in [2.75, 3.05) is 17.1 Å². The van der Waals surface area contributed by atoms with Gasteiger partial charge in [-0.15, -0.1) is 0 Å². The molecule has 0 unspecified atom stereocenters. The van der Waals surface area contributed by atoms with Gasteiger partial charge in [-0.3, -0.25) is 9.10 Å². The zero-order valence-electron chi connectivity index (χ0n) is 13.7. The SMILES string of the molecule is CS(=O)(=O)N(CCCC(=O)NC1CCCCC1)c1ccccc1. The van der Waals surface area contributed by atoms with E-state index in [9.17, 15) is 13.2 Å². The normalized spacial score (nSPS) is 16.0. The van der Waals surface area contributed by atoms with Crippen molar-refractivity contribution in [1.82, 2.24) is 5.32 Å². The largest absolute Gasteiger partial charge is 0.353 e. The molecule has 2 rings (SSSR count). The second kappa shape index (κ2) is 8.34. The first-order valence-corrected chi connectivity index (χ1v) is 10.1. The number of nitrogens with zero attached hydrogens (tertiary/aromatic N) is 1. The van der Waals surface area contributed by atoms with Gasteiger partial charge < -0.3 is 5.32 Å². The number of para-hydroxylation sites is 1. The van der Waals surface area contributed by atoms with Crippen molar-refractivity contribution in [1.29, 1.82) is 0 Å². The van der Waals surface area contributed by atoms with E-state index in [2.05, 4.69) is 5.32 Å². The fraction of sp³-hybridized carbons (Fsp3) is 0.588. The number of sulfonamides is 1. The number of carbonyl (C=O) groups is 1. The summed E-state index contributed by atoms with van der Waals surface area (Å²) >= 11 is 0. The second-order valence-electron chi connectivity index (χ2n) is 6.18. The Bertz CT molecular complexity index is 596. The Balaban J connectivity index is 1.83. The summed E-state index contributed by atoms with van der Waals surface area (Å²) in [4.78, 5) is 12.0. The Morgan fingerprint density at radius 2 is 1.83 bits per heavy atom. The molecule has 1 aliphatic carbocycles. The van der Waals surface area contributed by atoms with Crippen LogP contribution in [-0.2, 0) is 14.8 Å². The molecule has 0 atom stereocenters. The number of carbonyl (C=O) groups excluding carboxylic acids is 1. The molecule has 5 nitrogen and oxygen atoms in total. The van der Waals surface area contributed by atoms with Gasteiger partial charge >= 0.3 is 0 Å². The van der Waals surface area contributed by atoms with Crippen molar-refractivity contribution in [3.63, 3.8) is 0 Å². The summed E-state index contributed by atoms with van der Waals surface area (Å²) in [6, 6.07) is 9.30. The molecule has 1 amide bonds. The fourth-order valence-electron chi connectivity index (χ4n) is 3.01. The Morgan fingerprint density at radius 3 is 2.43 bits per heavy atom. The van der Waals surface area contributed by atoms with Crippen LogP contribution in [0.3, 0.4) is 0 Å². The molecule has 0 aliphatic heterocycles. The smallest absolute Gasteiger partial charge is 0.232 e. The van der Waals surface area contributed by atoms with Crippen LogP contribution >= 0.6 is 0 Å². The highest BCUT2D eigenvalue weighted by Crippen LogP contribution is 2.19. The number of rotatable bonds is 7. The second-order valence-corrected chi connectivity index (χ2v) is 8.08. The van der Waals surface area contributed by atoms with Crippen molar-refractivity contribution >= 4 is 21.6 Å². The van der Waals surface area contributed by atoms with Gasteiger partial charge in [-0.2, -0.15) is 0 Å². The molecule has 1 fully saturated rings. The van der Waals surface area contributed by atoms with Gasteiger partial charge in [0.25, 0.3) is 0 Å². The lowest BCUT2D eigenvalue weighted by molar-refractivity contribution is -0.122. The minimum absolute atomic E-state index is 0.0263. The van der Waals surface area contributed by atoms with Crippen LogP contribution in [0.1, 0.15) is 44.9 Å². The van der Waals surface area contributed by atoms with Crippen molar-refractivity contribution in [2.45, 2.75) is 51.0 Å². The van der Waals surface area contributed by atoms with E-state index in [1.54, 1.807) is 12.1 Å². The van der Waals surface area contributed by atoms with Crippen molar-refractivity contribution in [2.24, 2.45) is 0 Å². The molecule has 0 bridgehead atoms. The first-order valence-electron chi connectivity index (χ1n) is 8.29. The predicted octanol–water partition coefficient (Wildman–Crippen LogP) is 2.68. The summed E-state index contributed by atoms with van der Waals surface area (Å²) in [6.45, 7) is 0.320. The Labute approximate surface area is 139 Å². The molecule has 0 aromatic heterocycles. The van der Waals surface area contributed by atoms with E-state index in [4.69, 9.17) is 0 Å². The van der Waals surface area contributed by atoms with Crippen LogP contribution in [0.5, 0.6) is 0 Å². The van der Waals surface area contributed by atoms with E-state index < -0.39 is 10.0 Å². The standard InChI is InChI=1S/C17H26N2O3S/c1-23(21,22)19(16-11-6-3-7-12-16)14-8-13-17(20)18-15-9-4-2-5-10-15/h3,6-7,11-12,15H,2,4-5,8-10,13-14H2,1H3,(H,18,20). The van der Waals surface area contributed by atoms with E-state index in [-0.39, 0.29) is 5.91 Å². The highest BCUT2D eigenvalue weighted by molar-refractivity contribution is 7.92. The fourth-order valence-corrected chi connectivity index (χ4v) is 3.98. The average molecular weight is 338 g/mol. The number of anilines is 1. The van der Waals surface area contributed by atoms with Crippen LogP contribution < -0.4 is 9.62 Å². The Morgan fingerprint density at radius 1 is 1.17 bits per heavy atom. The first-order chi connectivity index (χ1) is 11.0. The molecule has 6 heteroatoms. The summed E-state index contributed by atoms with van der Waals surface area (Å²) in [5.41, 5.74) is 0.641. The third kappa shape index (κ3) is 5.86. The zero-order chi connectivity index (χ0) is 16.7. The van der Waals surface area contributed by atoms with Gasteiger partial charge in [-0.25, -0.2) is 8.42 Å². The summed E-state index contributed by atoms with van der Waals surface area (Å²) in [6.07, 6.45) is 7.81. The molecule has 23 heavy (non-hydrogen) atoms. The lowest BCUT2D eigenvalue weighted by Crippen LogP contribution is -2.37. The van der Waals surface area contributed by atoms with Crippen LogP contribution in [0.2, 0.25) is 0 Å². The number of hydrogen-bond acceptors (Lipinski definition) is 3. The van der Waals surface area contributed by atoms with E-state index in [1.807, 2.05) is 18.2 Å². The molecule has 0 spiro atoms. The Kier molecular flexibility index (Phi) is 6.45. The van der Waals surface area contributed by atoms with Crippen molar-refractivity contribution in [3.05, 3.63) is 30.3 Å². The first kappa shape index (κ1) is 17.8. The van der Waals surface area contributed by atoms with Gasteiger partial charge in [0.15, 0.2) is 0 Å². The molecule has 0 heterocycles. The molecule has 1 saturated carbocycles. The van der Waals surface area contributed by atoms with Crippen LogP contribution in [0.25, 0.3) is 0 Å². The summed E-state index contributed by atoms with van der Waals surface area (Å²) in [5.74, 6) is 0.0263. The van der Waals surface area contributed by atoms with Gasteiger partial charge in [0, 0.05) is 19.0 Å². The number of hydrogen-bond donors (Lipinski definition) is 1. The lowest BCUT2D eigenvalue weighted by Gasteiger charge is -2.24. The molecule has 1 aromatic rings. The van der Waals surface area contributed by atoms with Crippen LogP contribution in [-0.4, -0.2) is 33.2 Å². The summed E-state index contributed by atoms with van der Waals surface area (Å²) in [5, 5.41) is 3.06. The highest BCUT2D eigenvalue weighted by Gasteiger charge is 2.18. The molecule has 0 saturated heterocycles. The topological polar surface area (TPSA) is 66.5 Å². The van der Waals surface area contributed by atoms with Gasteiger partial charge in [-0.05, 0) is 31.4 Å². The number of amides is 1. The third-order valence-corrected chi connectivity index (χ3v) is 5.37. The van der Waals surface area contributed by atoms with E-state index >= 15 is 0 Å². The summed E-state index contributed by atoms with van der Waals surface area (Å²) in [7, 11) is -3.34. The minimum Gasteiger partial charge on any atom is -0.353 e. The van der Waals surface area contributed by atoms with Gasteiger partial charge in [0.05, 0.1) is 11.9 Å². The monoisotopic (exact) mass is 338 g/mol. The van der Waals surface area contributed by atoms with Crippen molar-refractivity contribution in [3.8, 4) is 0 Å². The molecule has 128 valence electrons. The molecule has 1 N–H and O–H groups in total.